The average Bonchev–Trinajstić information content (AvgIpc) is 2.14. The van der Waals surface area contributed by atoms with Crippen molar-refractivity contribution in [2.75, 3.05) is 0 Å². The average molecular weight is 179 g/mol. The molecule has 0 aromatic carbocycles. The van der Waals surface area contributed by atoms with Gasteiger partial charge >= 0.3 is 12.4 Å². The molecule has 4 nitrogen and oxygen atoms in total. The first-order valence-corrected chi connectivity index (χ1v) is 3.38. The fraction of sp³-hybridized carbons (Fsp3) is 0.333. The molecular formula is C9H7O4. The van der Waals surface area contributed by atoms with E-state index in [4.69, 9.17) is 0 Å². The van der Waals surface area contributed by atoms with Crippen molar-refractivity contribution in [2.45, 2.75) is 13.8 Å². The van der Waals surface area contributed by atoms with Gasteiger partial charge in [0.15, 0.2) is 0 Å². The van der Waals surface area contributed by atoms with Gasteiger partial charge in [-0.2, -0.15) is 0 Å². The first-order valence-electron chi connectivity index (χ1n) is 3.38. The molecule has 1 unspecified atom stereocenters. The van der Waals surface area contributed by atoms with Gasteiger partial charge in [-0.25, -0.2) is 9.59 Å². The fourth-order valence-electron chi connectivity index (χ4n) is 0.387. The van der Waals surface area contributed by atoms with Crippen LogP contribution in [0.4, 0.5) is 0 Å². The van der Waals surface area contributed by atoms with Crippen LogP contribution < -0.4 is 0 Å². The lowest BCUT2D eigenvalue weighted by atomic mass is 10.2. The molecule has 0 aliphatic carbocycles. The zero-order valence-corrected chi connectivity index (χ0v) is 7.21. The highest BCUT2D eigenvalue weighted by Crippen LogP contribution is 1.94. The Balaban J connectivity index is 4.02. The van der Waals surface area contributed by atoms with Gasteiger partial charge in [0, 0.05) is 6.92 Å². The molecule has 0 aliphatic rings. The molecular weight excluding hydrogens is 172 g/mol. The summed E-state index contributed by atoms with van der Waals surface area (Å²) in [5, 5.41) is 0. The Morgan fingerprint density at radius 2 is 2.08 bits per heavy atom. The molecule has 0 saturated carbocycles. The van der Waals surface area contributed by atoms with Crippen molar-refractivity contribution in [3.05, 3.63) is 0 Å². The van der Waals surface area contributed by atoms with Gasteiger partial charge in [-0.05, 0) is 12.8 Å². The summed E-state index contributed by atoms with van der Waals surface area (Å²) in [7, 11) is 0. The maximum atomic E-state index is 10.9. The van der Waals surface area contributed by atoms with E-state index in [1.807, 2.05) is 6.11 Å². The molecule has 0 aromatic heterocycles. The van der Waals surface area contributed by atoms with Gasteiger partial charge in [0.2, 0.25) is 0 Å². The summed E-state index contributed by atoms with van der Waals surface area (Å²) in [6.07, 6.45) is 4.10. The van der Waals surface area contributed by atoms with Crippen LogP contribution >= 0.6 is 0 Å². The lowest BCUT2D eigenvalue weighted by Crippen LogP contribution is -2.10. The van der Waals surface area contributed by atoms with Crippen molar-refractivity contribution >= 4 is 12.4 Å². The van der Waals surface area contributed by atoms with E-state index in [1.165, 1.54) is 13.8 Å². The smallest absolute Gasteiger partial charge is 0.371 e. The molecule has 0 aliphatic heterocycles. The van der Waals surface area contributed by atoms with Crippen LogP contribution in [-0.2, 0) is 19.1 Å². The number of carbonyl (C=O) groups excluding carboxylic acids is 2. The van der Waals surface area contributed by atoms with Crippen LogP contribution in [0.1, 0.15) is 13.8 Å². The molecule has 0 aromatic rings. The lowest BCUT2D eigenvalue weighted by Gasteiger charge is -1.96. The summed E-state index contributed by atoms with van der Waals surface area (Å²) >= 11 is 0. The van der Waals surface area contributed by atoms with E-state index >= 15 is 0 Å². The van der Waals surface area contributed by atoms with Gasteiger partial charge in [0.1, 0.15) is 18.1 Å². The molecule has 0 amide bonds. The van der Waals surface area contributed by atoms with E-state index < -0.39 is 11.9 Å². The predicted octanol–water partition coefficient (Wildman–Crippen LogP) is 0.191. The highest BCUT2D eigenvalue weighted by Gasteiger charge is 2.10. The Labute approximate surface area is 76.2 Å². The van der Waals surface area contributed by atoms with Crippen molar-refractivity contribution < 1.29 is 19.1 Å². The number of esters is 1. The van der Waals surface area contributed by atoms with Crippen molar-refractivity contribution in [1.82, 2.24) is 0 Å². The van der Waals surface area contributed by atoms with E-state index in [0.29, 0.717) is 0 Å². The molecule has 13 heavy (non-hydrogen) atoms. The first kappa shape index (κ1) is 11.1. The fourth-order valence-corrected chi connectivity index (χ4v) is 0.387. The van der Waals surface area contributed by atoms with Gasteiger partial charge in [0.05, 0.1) is 0 Å². The van der Waals surface area contributed by atoms with E-state index in [-0.39, 0.29) is 0 Å². The SMILES string of the molecule is CC#COC(=O)C(C)C#CO[C]=O. The summed E-state index contributed by atoms with van der Waals surface area (Å²) in [5.41, 5.74) is 0. The van der Waals surface area contributed by atoms with E-state index in [9.17, 15) is 9.59 Å². The number of hydrogen-bond acceptors (Lipinski definition) is 4. The number of rotatable bonds is 2. The summed E-state index contributed by atoms with van der Waals surface area (Å²) in [5.74, 6) is 3.43. The van der Waals surface area contributed by atoms with Gasteiger partial charge in [-0.1, -0.05) is 5.92 Å². The second-order valence-corrected chi connectivity index (χ2v) is 1.93. The minimum absolute atomic E-state index is 0.587. The van der Waals surface area contributed by atoms with E-state index in [0.717, 1.165) is 6.47 Å². The molecule has 0 bridgehead atoms. The topological polar surface area (TPSA) is 52.6 Å². The largest absolute Gasteiger partial charge is 0.432 e. The van der Waals surface area contributed by atoms with Crippen LogP contribution in [0.5, 0.6) is 0 Å². The zero-order chi connectivity index (χ0) is 10.1. The number of carbonyl (C=O) groups is 1. The Morgan fingerprint density at radius 3 is 2.62 bits per heavy atom. The summed E-state index contributed by atoms with van der Waals surface area (Å²) in [6.45, 7) is 4.14. The molecule has 0 rings (SSSR count). The highest BCUT2D eigenvalue weighted by atomic mass is 16.5. The second kappa shape index (κ2) is 6.75. The lowest BCUT2D eigenvalue weighted by molar-refractivity contribution is -0.139. The molecule has 0 spiro atoms. The molecule has 0 heterocycles. The number of ether oxygens (including phenoxy) is 2. The first-order chi connectivity index (χ1) is 6.22. The van der Waals surface area contributed by atoms with E-state index in [2.05, 4.69) is 27.4 Å². The molecule has 0 saturated heterocycles. The van der Waals surface area contributed by atoms with Gasteiger partial charge in [-0.3, -0.25) is 0 Å². The van der Waals surface area contributed by atoms with Crippen molar-refractivity contribution in [1.29, 1.82) is 0 Å². The minimum atomic E-state index is -0.686. The molecule has 1 radical (unpaired) electrons. The maximum Gasteiger partial charge on any atom is 0.432 e. The maximum absolute atomic E-state index is 10.9. The monoisotopic (exact) mass is 179 g/mol. The third-order valence-electron chi connectivity index (χ3n) is 0.975. The number of hydrogen-bond donors (Lipinski definition) is 0. The van der Waals surface area contributed by atoms with Gasteiger partial charge < -0.3 is 9.47 Å². The van der Waals surface area contributed by atoms with Gasteiger partial charge in [-0.15, -0.1) is 0 Å². The Hall–Kier alpha value is -1.94. The van der Waals surface area contributed by atoms with Crippen molar-refractivity contribution in [3.63, 3.8) is 0 Å². The standard InChI is InChI=1S/C9H7O4/c1-3-5-13-9(11)8(2)4-6-12-7-10/h8H,1-2H3. The molecule has 4 heteroatoms. The van der Waals surface area contributed by atoms with E-state index in [1.54, 1.807) is 0 Å². The van der Waals surface area contributed by atoms with Crippen molar-refractivity contribution in [2.24, 2.45) is 5.92 Å². The highest BCUT2D eigenvalue weighted by molar-refractivity contribution is 5.76. The Bertz CT molecular complexity index is 297. The van der Waals surface area contributed by atoms with Crippen LogP contribution in [0.25, 0.3) is 0 Å². The van der Waals surface area contributed by atoms with Gasteiger partial charge in [0.25, 0.3) is 0 Å². The normalized spacial score (nSPS) is 9.38. The third-order valence-corrected chi connectivity index (χ3v) is 0.975. The molecule has 0 fully saturated rings. The quantitative estimate of drug-likeness (QED) is 0.448. The summed E-state index contributed by atoms with van der Waals surface area (Å²) in [4.78, 5) is 20.5. The third kappa shape index (κ3) is 5.34. The summed E-state index contributed by atoms with van der Waals surface area (Å²) in [6, 6.07) is 0. The van der Waals surface area contributed by atoms with Crippen LogP contribution in [-0.4, -0.2) is 12.4 Å². The Kier molecular flexibility index (Phi) is 5.74. The molecule has 1 atom stereocenters. The van der Waals surface area contributed by atoms with Crippen LogP contribution in [0.2, 0.25) is 0 Å². The second-order valence-electron chi connectivity index (χ2n) is 1.93. The summed E-state index contributed by atoms with van der Waals surface area (Å²) < 4.78 is 8.38. The zero-order valence-electron chi connectivity index (χ0n) is 7.21. The van der Waals surface area contributed by atoms with Crippen molar-refractivity contribution in [3.8, 4) is 24.1 Å². The molecule has 0 N–H and O–H groups in total. The Morgan fingerprint density at radius 1 is 1.38 bits per heavy atom. The minimum Gasteiger partial charge on any atom is -0.371 e. The van der Waals surface area contributed by atoms with Crippen LogP contribution in [0, 0.1) is 30.0 Å². The van der Waals surface area contributed by atoms with Crippen LogP contribution in [0.15, 0.2) is 0 Å². The van der Waals surface area contributed by atoms with Crippen LogP contribution in [0.3, 0.4) is 0 Å². The molecule has 67 valence electrons. The predicted molar refractivity (Wildman–Crippen MR) is 43.3 cm³/mol.